The van der Waals surface area contributed by atoms with E-state index < -0.39 is 0 Å². The quantitative estimate of drug-likeness (QED) is 0.259. The van der Waals surface area contributed by atoms with Crippen LogP contribution in [0.3, 0.4) is 0 Å². The second-order valence-electron chi connectivity index (χ2n) is 8.26. The zero-order chi connectivity index (χ0) is 20.8. The van der Waals surface area contributed by atoms with Gasteiger partial charge in [-0.25, -0.2) is 0 Å². The molecule has 2 fully saturated rings. The van der Waals surface area contributed by atoms with Crippen molar-refractivity contribution in [3.8, 4) is 0 Å². The van der Waals surface area contributed by atoms with Crippen LogP contribution in [0, 0.1) is 0 Å². The summed E-state index contributed by atoms with van der Waals surface area (Å²) in [4.78, 5) is 21.6. The second kappa shape index (κ2) is 12.0. The number of morpholine rings is 1. The number of aliphatic imine (C=N–C) groups is 1. The molecule has 172 valence electrons. The van der Waals surface area contributed by atoms with E-state index in [9.17, 15) is 4.79 Å². The van der Waals surface area contributed by atoms with Crippen LogP contribution >= 0.6 is 24.0 Å². The predicted molar refractivity (Wildman–Crippen MR) is 132 cm³/mol. The molecule has 0 aliphatic carbocycles. The molecule has 0 saturated carbocycles. The summed E-state index contributed by atoms with van der Waals surface area (Å²) in [5.74, 6) is 1.14. The highest BCUT2D eigenvalue weighted by atomic mass is 127. The number of halogens is 1. The SMILES string of the molecule is CCNC(=NCCCC(=O)N1Cc2ccccc2C1)N1CCOC(C2CCCO2)C1.I. The third-order valence-electron chi connectivity index (χ3n) is 6.11. The molecule has 1 N–H and O–H groups in total. The average Bonchev–Trinajstić information content (AvgIpc) is 3.46. The summed E-state index contributed by atoms with van der Waals surface area (Å²) in [6, 6.07) is 8.31. The van der Waals surface area contributed by atoms with Crippen LogP contribution in [0.15, 0.2) is 29.3 Å². The van der Waals surface area contributed by atoms with Crippen LogP contribution in [0.5, 0.6) is 0 Å². The van der Waals surface area contributed by atoms with Crippen LogP contribution in [0.25, 0.3) is 0 Å². The van der Waals surface area contributed by atoms with E-state index in [1.165, 1.54) is 11.1 Å². The van der Waals surface area contributed by atoms with Gasteiger partial charge in [-0.05, 0) is 37.3 Å². The van der Waals surface area contributed by atoms with Gasteiger partial charge in [0, 0.05) is 52.3 Å². The van der Waals surface area contributed by atoms with E-state index in [0.29, 0.717) is 19.6 Å². The Morgan fingerprint density at radius 3 is 2.55 bits per heavy atom. The number of carbonyl (C=O) groups is 1. The van der Waals surface area contributed by atoms with Gasteiger partial charge in [0.15, 0.2) is 5.96 Å². The number of carbonyl (C=O) groups excluding carboxylic acids is 1. The highest BCUT2D eigenvalue weighted by Gasteiger charge is 2.32. The zero-order valence-corrected chi connectivity index (χ0v) is 20.8. The number of amides is 1. The summed E-state index contributed by atoms with van der Waals surface area (Å²) in [6.45, 7) is 8.21. The minimum absolute atomic E-state index is 0. The summed E-state index contributed by atoms with van der Waals surface area (Å²) in [5, 5.41) is 3.40. The van der Waals surface area contributed by atoms with Crippen LogP contribution in [-0.2, 0) is 27.4 Å². The largest absolute Gasteiger partial charge is 0.375 e. The molecule has 31 heavy (non-hydrogen) atoms. The molecule has 0 bridgehead atoms. The van der Waals surface area contributed by atoms with Gasteiger partial charge in [-0.15, -0.1) is 24.0 Å². The van der Waals surface area contributed by atoms with E-state index in [2.05, 4.69) is 29.3 Å². The lowest BCUT2D eigenvalue weighted by atomic mass is 10.1. The van der Waals surface area contributed by atoms with Crippen LogP contribution in [0.1, 0.15) is 43.7 Å². The standard InChI is InChI=1S/C23H34N4O3.HI/c1-2-24-23(26-12-14-30-21(17-26)20-9-6-13-29-20)25-11-5-10-22(28)27-15-18-7-3-4-8-19(18)16-27;/h3-4,7-8,20-21H,2,5-6,9-17H2,1H3,(H,24,25);1H. The molecule has 2 unspecified atom stereocenters. The number of nitrogens with zero attached hydrogens (tertiary/aromatic N) is 3. The fourth-order valence-corrected chi connectivity index (χ4v) is 4.50. The van der Waals surface area contributed by atoms with Crippen LogP contribution in [0.4, 0.5) is 0 Å². The lowest BCUT2D eigenvalue weighted by Crippen LogP contribution is -2.53. The maximum atomic E-state index is 12.6. The number of fused-ring (bicyclic) bond motifs is 1. The number of hydrogen-bond donors (Lipinski definition) is 1. The van der Waals surface area contributed by atoms with Gasteiger partial charge in [0.2, 0.25) is 5.91 Å². The fourth-order valence-electron chi connectivity index (χ4n) is 4.50. The Balaban J connectivity index is 0.00000272. The molecule has 8 heteroatoms. The van der Waals surface area contributed by atoms with Gasteiger partial charge in [0.1, 0.15) is 6.10 Å². The van der Waals surface area contributed by atoms with Crippen LogP contribution in [0.2, 0.25) is 0 Å². The first-order valence-electron chi connectivity index (χ1n) is 11.4. The molecule has 0 aromatic heterocycles. The first kappa shape index (κ1) is 24.3. The summed E-state index contributed by atoms with van der Waals surface area (Å²) >= 11 is 0. The number of benzene rings is 1. The van der Waals surface area contributed by atoms with E-state index >= 15 is 0 Å². The molecule has 1 aromatic rings. The van der Waals surface area contributed by atoms with Crippen LogP contribution < -0.4 is 5.32 Å². The first-order valence-corrected chi connectivity index (χ1v) is 11.4. The Hall–Kier alpha value is -1.39. The molecule has 0 spiro atoms. The van der Waals surface area contributed by atoms with E-state index in [0.717, 1.165) is 64.6 Å². The topological polar surface area (TPSA) is 66.4 Å². The van der Waals surface area contributed by atoms with Crippen molar-refractivity contribution in [2.75, 3.05) is 39.4 Å². The van der Waals surface area contributed by atoms with Crippen molar-refractivity contribution < 1.29 is 14.3 Å². The van der Waals surface area contributed by atoms with Crippen molar-refractivity contribution in [2.45, 2.75) is 57.9 Å². The molecule has 2 atom stereocenters. The normalized spacial score (nSPS) is 23.5. The van der Waals surface area contributed by atoms with Gasteiger partial charge < -0.3 is 24.6 Å². The van der Waals surface area contributed by atoms with Gasteiger partial charge in [0.05, 0.1) is 12.7 Å². The molecule has 7 nitrogen and oxygen atoms in total. The van der Waals surface area contributed by atoms with Gasteiger partial charge in [-0.1, -0.05) is 24.3 Å². The molecule has 3 aliphatic heterocycles. The maximum absolute atomic E-state index is 12.6. The van der Waals surface area contributed by atoms with Crippen molar-refractivity contribution >= 4 is 35.8 Å². The monoisotopic (exact) mass is 542 g/mol. The number of hydrogen-bond acceptors (Lipinski definition) is 4. The van der Waals surface area contributed by atoms with Crippen LogP contribution in [-0.4, -0.2) is 73.3 Å². The lowest BCUT2D eigenvalue weighted by molar-refractivity contribution is -0.131. The Morgan fingerprint density at radius 1 is 1.13 bits per heavy atom. The molecule has 3 heterocycles. The Labute approximate surface area is 202 Å². The third-order valence-corrected chi connectivity index (χ3v) is 6.11. The predicted octanol–water partition coefficient (Wildman–Crippen LogP) is 2.77. The number of ether oxygens (including phenoxy) is 2. The van der Waals surface area contributed by atoms with E-state index in [1.807, 2.05) is 17.0 Å². The fraction of sp³-hybridized carbons (Fsp3) is 0.652. The summed E-state index contributed by atoms with van der Waals surface area (Å²) < 4.78 is 11.8. The Morgan fingerprint density at radius 2 is 1.87 bits per heavy atom. The molecule has 2 saturated heterocycles. The van der Waals surface area contributed by atoms with Gasteiger partial charge >= 0.3 is 0 Å². The highest BCUT2D eigenvalue weighted by molar-refractivity contribution is 14.0. The average molecular weight is 542 g/mol. The molecule has 1 aromatic carbocycles. The summed E-state index contributed by atoms with van der Waals surface area (Å²) in [7, 11) is 0. The minimum Gasteiger partial charge on any atom is -0.375 e. The molecular formula is C23H35IN4O3. The zero-order valence-electron chi connectivity index (χ0n) is 18.4. The van der Waals surface area contributed by atoms with Gasteiger partial charge in [-0.2, -0.15) is 0 Å². The van der Waals surface area contributed by atoms with Crippen molar-refractivity contribution in [3.63, 3.8) is 0 Å². The molecule has 0 radical (unpaired) electrons. The first-order chi connectivity index (χ1) is 14.7. The maximum Gasteiger partial charge on any atom is 0.223 e. The summed E-state index contributed by atoms with van der Waals surface area (Å²) in [5.41, 5.74) is 2.54. The number of rotatable bonds is 6. The van der Waals surface area contributed by atoms with E-state index in [1.54, 1.807) is 0 Å². The Kier molecular flexibility index (Phi) is 9.40. The molecular weight excluding hydrogens is 507 g/mol. The van der Waals surface area contributed by atoms with Crippen molar-refractivity contribution in [2.24, 2.45) is 4.99 Å². The molecule has 1 amide bonds. The minimum atomic E-state index is 0. The van der Waals surface area contributed by atoms with E-state index in [4.69, 9.17) is 14.5 Å². The Bertz CT molecular complexity index is 729. The van der Waals surface area contributed by atoms with Gasteiger partial charge in [0.25, 0.3) is 0 Å². The van der Waals surface area contributed by atoms with Crippen molar-refractivity contribution in [1.82, 2.24) is 15.1 Å². The smallest absolute Gasteiger partial charge is 0.223 e. The summed E-state index contributed by atoms with van der Waals surface area (Å²) in [6.07, 6.45) is 3.82. The third kappa shape index (κ3) is 6.32. The van der Waals surface area contributed by atoms with E-state index in [-0.39, 0.29) is 42.1 Å². The second-order valence-corrected chi connectivity index (χ2v) is 8.26. The lowest BCUT2D eigenvalue weighted by Gasteiger charge is -2.37. The number of guanidine groups is 1. The molecule has 3 aliphatic rings. The van der Waals surface area contributed by atoms with Crippen molar-refractivity contribution in [3.05, 3.63) is 35.4 Å². The number of nitrogens with one attached hydrogen (secondary N) is 1. The van der Waals surface area contributed by atoms with Gasteiger partial charge in [-0.3, -0.25) is 9.79 Å². The van der Waals surface area contributed by atoms with Crippen molar-refractivity contribution in [1.29, 1.82) is 0 Å². The highest BCUT2D eigenvalue weighted by Crippen LogP contribution is 2.23. The molecule has 4 rings (SSSR count).